The lowest BCUT2D eigenvalue weighted by atomic mass is 10.1. The van der Waals surface area contributed by atoms with Gasteiger partial charge >= 0.3 is 0 Å². The maximum Gasteiger partial charge on any atom is 0.254 e. The number of carbonyl (C=O) groups is 2. The number of amides is 2. The van der Waals surface area contributed by atoms with Gasteiger partial charge in [-0.15, -0.1) is 0 Å². The van der Waals surface area contributed by atoms with Gasteiger partial charge in [0.15, 0.2) is 0 Å². The quantitative estimate of drug-likeness (QED) is 0.727. The summed E-state index contributed by atoms with van der Waals surface area (Å²) in [5, 5.41) is 0. The second kappa shape index (κ2) is 8.17. The summed E-state index contributed by atoms with van der Waals surface area (Å²) in [6.07, 6.45) is 4.82. The topological polar surface area (TPSA) is 40.6 Å². The monoisotopic (exact) mass is 376 g/mol. The van der Waals surface area contributed by atoms with Gasteiger partial charge in [-0.3, -0.25) is 9.59 Å². The van der Waals surface area contributed by atoms with Crippen LogP contribution in [0.1, 0.15) is 59.7 Å². The van der Waals surface area contributed by atoms with E-state index in [-0.39, 0.29) is 11.8 Å². The minimum absolute atomic E-state index is 0.103. The van der Waals surface area contributed by atoms with Gasteiger partial charge in [-0.05, 0) is 54.5 Å². The minimum Gasteiger partial charge on any atom is -0.338 e. The number of rotatable bonds is 7. The van der Waals surface area contributed by atoms with Crippen molar-refractivity contribution < 1.29 is 9.59 Å². The molecule has 4 nitrogen and oxygen atoms in total. The minimum atomic E-state index is 0.103. The van der Waals surface area contributed by atoms with Gasteiger partial charge in [0.05, 0.1) is 0 Å². The fourth-order valence-corrected chi connectivity index (χ4v) is 3.84. The lowest BCUT2D eigenvalue weighted by Crippen LogP contribution is -2.32. The molecule has 2 aliphatic rings. The van der Waals surface area contributed by atoms with Crippen LogP contribution >= 0.6 is 0 Å². The van der Waals surface area contributed by atoms with Crippen molar-refractivity contribution in [1.29, 1.82) is 0 Å². The Hall–Kier alpha value is -2.62. The van der Waals surface area contributed by atoms with Crippen molar-refractivity contribution in [3.63, 3.8) is 0 Å². The third-order valence-electron chi connectivity index (χ3n) is 5.78. The number of aryl methyl sites for hydroxylation is 1. The van der Waals surface area contributed by atoms with Crippen molar-refractivity contribution in [2.75, 3.05) is 6.54 Å². The van der Waals surface area contributed by atoms with Gasteiger partial charge in [0.2, 0.25) is 5.91 Å². The largest absolute Gasteiger partial charge is 0.338 e. The molecule has 0 atom stereocenters. The summed E-state index contributed by atoms with van der Waals surface area (Å²) in [7, 11) is 0. The molecular formula is C24H28N2O2. The van der Waals surface area contributed by atoms with E-state index < -0.39 is 0 Å². The molecule has 0 N–H and O–H groups in total. The Morgan fingerprint density at radius 1 is 1.00 bits per heavy atom. The van der Waals surface area contributed by atoms with Crippen LogP contribution in [0.2, 0.25) is 0 Å². The lowest BCUT2D eigenvalue weighted by molar-refractivity contribution is -0.128. The standard InChI is InChI=1S/C24H28N2O2/c1-2-18-5-7-20(8-6-18)17-26(22-13-14-22)24(28)21-11-9-19(10-12-21)16-25-15-3-4-23(25)27/h5-12,22H,2-4,13-17H2,1H3. The zero-order chi connectivity index (χ0) is 19.5. The van der Waals surface area contributed by atoms with Crippen LogP contribution in [0.4, 0.5) is 0 Å². The highest BCUT2D eigenvalue weighted by Crippen LogP contribution is 2.30. The average molecular weight is 377 g/mol. The fraction of sp³-hybridized carbons (Fsp3) is 0.417. The molecule has 1 heterocycles. The molecule has 0 radical (unpaired) electrons. The molecule has 2 aromatic carbocycles. The number of nitrogens with zero attached hydrogens (tertiary/aromatic N) is 2. The summed E-state index contributed by atoms with van der Waals surface area (Å²) in [6.45, 7) is 4.30. The van der Waals surface area contributed by atoms with Crippen LogP contribution in [0, 0.1) is 0 Å². The van der Waals surface area contributed by atoms with E-state index >= 15 is 0 Å². The summed E-state index contributed by atoms with van der Waals surface area (Å²) in [5.74, 6) is 0.333. The normalized spacial score (nSPS) is 16.5. The molecule has 146 valence electrons. The van der Waals surface area contributed by atoms with Gasteiger partial charge in [-0.25, -0.2) is 0 Å². The van der Waals surface area contributed by atoms with E-state index in [9.17, 15) is 9.59 Å². The van der Waals surface area contributed by atoms with Crippen LogP contribution in [-0.4, -0.2) is 34.2 Å². The summed E-state index contributed by atoms with van der Waals surface area (Å²) >= 11 is 0. The molecule has 2 amide bonds. The van der Waals surface area contributed by atoms with Crippen molar-refractivity contribution in [2.45, 2.75) is 58.2 Å². The van der Waals surface area contributed by atoms with Crippen LogP contribution in [0.25, 0.3) is 0 Å². The van der Waals surface area contributed by atoms with Crippen LogP contribution in [0.15, 0.2) is 48.5 Å². The van der Waals surface area contributed by atoms with E-state index in [1.54, 1.807) is 0 Å². The molecule has 1 aliphatic heterocycles. The molecule has 0 bridgehead atoms. The van der Waals surface area contributed by atoms with Crippen molar-refractivity contribution in [2.24, 2.45) is 0 Å². The maximum absolute atomic E-state index is 13.1. The summed E-state index contributed by atoms with van der Waals surface area (Å²) in [5.41, 5.74) is 4.32. The molecule has 1 aliphatic carbocycles. The predicted molar refractivity (Wildman–Crippen MR) is 110 cm³/mol. The van der Waals surface area contributed by atoms with Crippen molar-refractivity contribution in [1.82, 2.24) is 9.80 Å². The third-order valence-corrected chi connectivity index (χ3v) is 5.78. The highest BCUT2D eigenvalue weighted by Gasteiger charge is 2.33. The van der Waals surface area contributed by atoms with Gasteiger partial charge < -0.3 is 9.80 Å². The molecule has 4 heteroatoms. The SMILES string of the molecule is CCc1ccc(CN(C(=O)c2ccc(CN3CCCC3=O)cc2)C2CC2)cc1. The molecule has 4 rings (SSSR count). The van der Waals surface area contributed by atoms with E-state index in [1.165, 1.54) is 11.1 Å². The van der Waals surface area contributed by atoms with Gasteiger partial charge in [-0.1, -0.05) is 43.3 Å². The number of hydrogen-bond donors (Lipinski definition) is 0. The van der Waals surface area contributed by atoms with Crippen molar-refractivity contribution in [3.8, 4) is 0 Å². The average Bonchev–Trinajstić information content (AvgIpc) is 3.49. The molecule has 1 saturated heterocycles. The van der Waals surface area contributed by atoms with Crippen molar-refractivity contribution >= 4 is 11.8 Å². The molecule has 0 aromatic heterocycles. The Morgan fingerprint density at radius 2 is 1.64 bits per heavy atom. The zero-order valence-corrected chi connectivity index (χ0v) is 16.6. The molecule has 2 fully saturated rings. The van der Waals surface area contributed by atoms with Crippen molar-refractivity contribution in [3.05, 3.63) is 70.8 Å². The van der Waals surface area contributed by atoms with Crippen LogP contribution < -0.4 is 0 Å². The maximum atomic E-state index is 13.1. The first-order valence-electron chi connectivity index (χ1n) is 10.4. The van der Waals surface area contributed by atoms with E-state index in [2.05, 4.69) is 31.2 Å². The van der Waals surface area contributed by atoms with Gasteiger partial charge in [0, 0.05) is 37.7 Å². The molecule has 1 saturated carbocycles. The molecule has 28 heavy (non-hydrogen) atoms. The lowest BCUT2D eigenvalue weighted by Gasteiger charge is -2.23. The van der Waals surface area contributed by atoms with Gasteiger partial charge in [0.1, 0.15) is 0 Å². The fourth-order valence-electron chi connectivity index (χ4n) is 3.84. The Bertz CT molecular complexity index is 838. The predicted octanol–water partition coefficient (Wildman–Crippen LogP) is 4.18. The first kappa shape index (κ1) is 18.7. The number of hydrogen-bond acceptors (Lipinski definition) is 2. The Morgan fingerprint density at radius 3 is 2.21 bits per heavy atom. The number of likely N-dealkylation sites (tertiary alicyclic amines) is 1. The summed E-state index contributed by atoms with van der Waals surface area (Å²) in [4.78, 5) is 28.8. The Labute approximate surface area is 167 Å². The van der Waals surface area contributed by atoms with E-state index in [0.717, 1.165) is 43.4 Å². The Kier molecular flexibility index (Phi) is 5.47. The highest BCUT2D eigenvalue weighted by molar-refractivity contribution is 5.94. The van der Waals surface area contributed by atoms with Crippen LogP contribution in [0.3, 0.4) is 0 Å². The van der Waals surface area contributed by atoms with Gasteiger partial charge in [0.25, 0.3) is 5.91 Å². The second-order valence-electron chi connectivity index (χ2n) is 7.95. The molecule has 2 aromatic rings. The second-order valence-corrected chi connectivity index (χ2v) is 7.95. The van der Waals surface area contributed by atoms with Crippen LogP contribution in [-0.2, 0) is 24.3 Å². The molecule has 0 unspecified atom stereocenters. The first-order valence-corrected chi connectivity index (χ1v) is 10.4. The number of carbonyl (C=O) groups excluding carboxylic acids is 2. The Balaban J connectivity index is 1.44. The highest BCUT2D eigenvalue weighted by atomic mass is 16.2. The smallest absolute Gasteiger partial charge is 0.254 e. The summed E-state index contributed by atoms with van der Waals surface area (Å²) in [6, 6.07) is 16.7. The zero-order valence-electron chi connectivity index (χ0n) is 16.6. The van der Waals surface area contributed by atoms with E-state index in [1.807, 2.05) is 34.1 Å². The van der Waals surface area contributed by atoms with E-state index in [4.69, 9.17) is 0 Å². The third kappa shape index (κ3) is 4.27. The molecule has 0 spiro atoms. The summed E-state index contributed by atoms with van der Waals surface area (Å²) < 4.78 is 0. The van der Waals surface area contributed by atoms with Gasteiger partial charge in [-0.2, -0.15) is 0 Å². The number of benzene rings is 2. The molecular weight excluding hydrogens is 348 g/mol. The van der Waals surface area contributed by atoms with Crippen LogP contribution in [0.5, 0.6) is 0 Å². The first-order chi connectivity index (χ1) is 13.6. The van der Waals surface area contributed by atoms with E-state index in [0.29, 0.717) is 25.6 Å².